The molecular formula is C11H23N3O2. The number of ether oxygens (including phenoxy) is 1. The number of nitrogens with zero attached hydrogens (tertiary/aromatic N) is 2. The number of rotatable bonds is 4. The zero-order valence-corrected chi connectivity index (χ0v) is 10.7. The van der Waals surface area contributed by atoms with Gasteiger partial charge in [-0.15, -0.1) is 0 Å². The predicted molar refractivity (Wildman–Crippen MR) is 63.1 cm³/mol. The first kappa shape index (κ1) is 13.4. The zero-order chi connectivity index (χ0) is 12.3. The Morgan fingerprint density at radius 3 is 2.69 bits per heavy atom. The number of amides is 1. The number of methoxy groups -OCH3 is 1. The molecule has 1 fully saturated rings. The highest BCUT2D eigenvalue weighted by Gasteiger charge is 2.42. The molecule has 0 aliphatic carbocycles. The Hall–Kier alpha value is -0.650. The number of hydrogen-bond donors (Lipinski definition) is 1. The highest BCUT2D eigenvalue weighted by Crippen LogP contribution is 2.23. The van der Waals surface area contributed by atoms with Gasteiger partial charge in [-0.25, -0.2) is 0 Å². The Kier molecular flexibility index (Phi) is 4.29. The van der Waals surface area contributed by atoms with E-state index in [0.717, 1.165) is 6.54 Å². The van der Waals surface area contributed by atoms with Crippen molar-refractivity contribution in [1.29, 1.82) is 0 Å². The molecule has 0 saturated carbocycles. The molecule has 0 aromatic rings. The van der Waals surface area contributed by atoms with Crippen molar-refractivity contribution in [3.8, 4) is 0 Å². The van der Waals surface area contributed by atoms with E-state index in [1.165, 1.54) is 0 Å². The second-order valence-electron chi connectivity index (χ2n) is 4.96. The summed E-state index contributed by atoms with van der Waals surface area (Å²) >= 11 is 0. The van der Waals surface area contributed by atoms with Crippen LogP contribution in [-0.4, -0.2) is 67.7 Å². The summed E-state index contributed by atoms with van der Waals surface area (Å²) in [6.07, 6.45) is 0. The first-order valence-electron chi connectivity index (χ1n) is 5.64. The molecule has 1 atom stereocenters. The van der Waals surface area contributed by atoms with Crippen LogP contribution >= 0.6 is 0 Å². The van der Waals surface area contributed by atoms with Crippen LogP contribution in [0.3, 0.4) is 0 Å². The molecule has 16 heavy (non-hydrogen) atoms. The largest absolute Gasteiger partial charge is 0.383 e. The van der Waals surface area contributed by atoms with Crippen LogP contribution in [0.2, 0.25) is 0 Å². The molecule has 1 amide bonds. The molecule has 1 aliphatic heterocycles. The van der Waals surface area contributed by atoms with Gasteiger partial charge in [0.2, 0.25) is 5.91 Å². The maximum absolute atomic E-state index is 12.2. The lowest BCUT2D eigenvalue weighted by molar-refractivity contribution is -0.150. The second kappa shape index (κ2) is 5.12. The highest BCUT2D eigenvalue weighted by atomic mass is 16.5. The Bertz CT molecular complexity index is 256. The topological polar surface area (TPSA) is 58.8 Å². The summed E-state index contributed by atoms with van der Waals surface area (Å²) in [5.74, 6) is 0.110. The van der Waals surface area contributed by atoms with E-state index in [1.807, 2.05) is 16.8 Å². The Morgan fingerprint density at radius 2 is 2.19 bits per heavy atom. The molecular weight excluding hydrogens is 206 g/mol. The standard InChI is InChI=1S/C11H23N3O2/c1-11(2)8-13(3)9(7-12)10(15)14(11)5-6-16-4/h9H,5-8,12H2,1-4H3. The average molecular weight is 229 g/mol. The molecule has 0 spiro atoms. The van der Waals surface area contributed by atoms with Crippen LogP contribution in [0.4, 0.5) is 0 Å². The third-order valence-corrected chi connectivity index (χ3v) is 3.19. The van der Waals surface area contributed by atoms with Crippen LogP contribution in [0.5, 0.6) is 0 Å². The van der Waals surface area contributed by atoms with E-state index in [1.54, 1.807) is 7.11 Å². The molecule has 94 valence electrons. The van der Waals surface area contributed by atoms with Gasteiger partial charge >= 0.3 is 0 Å². The quantitative estimate of drug-likeness (QED) is 0.707. The van der Waals surface area contributed by atoms with Crippen LogP contribution in [0.25, 0.3) is 0 Å². The van der Waals surface area contributed by atoms with E-state index in [9.17, 15) is 4.79 Å². The highest BCUT2D eigenvalue weighted by molar-refractivity contribution is 5.83. The fraction of sp³-hybridized carbons (Fsp3) is 0.909. The molecule has 2 N–H and O–H groups in total. The minimum atomic E-state index is -0.190. The van der Waals surface area contributed by atoms with Crippen LogP contribution in [-0.2, 0) is 9.53 Å². The van der Waals surface area contributed by atoms with Crippen molar-refractivity contribution in [2.45, 2.75) is 25.4 Å². The van der Waals surface area contributed by atoms with E-state index in [4.69, 9.17) is 10.5 Å². The summed E-state index contributed by atoms with van der Waals surface area (Å²) in [7, 11) is 3.60. The molecule has 0 aromatic carbocycles. The fourth-order valence-electron chi connectivity index (χ4n) is 2.35. The lowest BCUT2D eigenvalue weighted by Crippen LogP contribution is -2.67. The van der Waals surface area contributed by atoms with Crippen LogP contribution < -0.4 is 5.73 Å². The lowest BCUT2D eigenvalue weighted by atomic mass is 9.95. The van der Waals surface area contributed by atoms with Crippen molar-refractivity contribution in [2.75, 3.05) is 40.4 Å². The number of nitrogens with two attached hydrogens (primary N) is 1. The number of piperazine rings is 1. The third kappa shape index (κ3) is 2.53. The molecule has 5 heteroatoms. The van der Waals surface area contributed by atoms with Gasteiger partial charge in [-0.05, 0) is 20.9 Å². The molecule has 1 aliphatic rings. The van der Waals surface area contributed by atoms with Crippen LogP contribution in [0, 0.1) is 0 Å². The van der Waals surface area contributed by atoms with Crippen molar-refractivity contribution < 1.29 is 9.53 Å². The first-order valence-corrected chi connectivity index (χ1v) is 5.64. The molecule has 1 heterocycles. The fourth-order valence-corrected chi connectivity index (χ4v) is 2.35. The number of carbonyl (C=O) groups excluding carboxylic acids is 1. The maximum Gasteiger partial charge on any atom is 0.241 e. The summed E-state index contributed by atoms with van der Waals surface area (Å²) in [5.41, 5.74) is 5.49. The van der Waals surface area contributed by atoms with E-state index in [-0.39, 0.29) is 17.5 Å². The van der Waals surface area contributed by atoms with Crippen LogP contribution in [0.1, 0.15) is 13.8 Å². The summed E-state index contributed by atoms with van der Waals surface area (Å²) in [6, 6.07) is -0.190. The molecule has 5 nitrogen and oxygen atoms in total. The van der Waals surface area contributed by atoms with Gasteiger partial charge in [0.05, 0.1) is 12.1 Å². The smallest absolute Gasteiger partial charge is 0.241 e. The first-order chi connectivity index (χ1) is 7.44. The van der Waals surface area contributed by atoms with E-state index >= 15 is 0 Å². The van der Waals surface area contributed by atoms with Crippen LogP contribution in [0.15, 0.2) is 0 Å². The summed E-state index contributed by atoms with van der Waals surface area (Å²) in [5, 5.41) is 0. The Labute approximate surface area is 97.5 Å². The summed E-state index contributed by atoms with van der Waals surface area (Å²) in [6.45, 7) is 6.55. The van der Waals surface area contributed by atoms with Crippen molar-refractivity contribution >= 4 is 5.91 Å². The van der Waals surface area contributed by atoms with Crippen molar-refractivity contribution in [2.24, 2.45) is 5.73 Å². The predicted octanol–water partition coefficient (Wildman–Crippen LogP) is -0.487. The van der Waals surface area contributed by atoms with Gasteiger partial charge in [0, 0.05) is 26.7 Å². The van der Waals surface area contributed by atoms with Gasteiger partial charge in [-0.1, -0.05) is 0 Å². The normalized spacial score (nSPS) is 26.2. The van der Waals surface area contributed by atoms with Gasteiger partial charge in [-0.2, -0.15) is 0 Å². The van der Waals surface area contributed by atoms with E-state index in [2.05, 4.69) is 13.8 Å². The van der Waals surface area contributed by atoms with Crippen molar-refractivity contribution in [3.63, 3.8) is 0 Å². The van der Waals surface area contributed by atoms with Crippen molar-refractivity contribution in [1.82, 2.24) is 9.80 Å². The molecule has 1 saturated heterocycles. The minimum Gasteiger partial charge on any atom is -0.383 e. The SMILES string of the molecule is COCCN1C(=O)C(CN)N(C)CC1(C)C. The number of hydrogen-bond acceptors (Lipinski definition) is 4. The molecule has 0 bridgehead atoms. The lowest BCUT2D eigenvalue weighted by Gasteiger charge is -2.49. The molecule has 0 radical (unpaired) electrons. The third-order valence-electron chi connectivity index (χ3n) is 3.19. The van der Waals surface area contributed by atoms with Gasteiger partial charge in [-0.3, -0.25) is 9.69 Å². The van der Waals surface area contributed by atoms with E-state index < -0.39 is 0 Å². The summed E-state index contributed by atoms with van der Waals surface area (Å²) < 4.78 is 5.04. The summed E-state index contributed by atoms with van der Waals surface area (Å²) in [4.78, 5) is 16.2. The van der Waals surface area contributed by atoms with Crippen molar-refractivity contribution in [3.05, 3.63) is 0 Å². The monoisotopic (exact) mass is 229 g/mol. The average Bonchev–Trinajstić information content (AvgIpc) is 2.16. The molecule has 1 unspecified atom stereocenters. The zero-order valence-electron chi connectivity index (χ0n) is 10.7. The molecule has 0 aromatic heterocycles. The number of likely N-dealkylation sites (N-methyl/N-ethyl adjacent to an activating group) is 1. The molecule has 1 rings (SSSR count). The number of carbonyl (C=O) groups is 1. The Balaban J connectivity index is 2.81. The minimum absolute atomic E-state index is 0.110. The van der Waals surface area contributed by atoms with Gasteiger partial charge in [0.15, 0.2) is 0 Å². The van der Waals surface area contributed by atoms with Gasteiger partial charge < -0.3 is 15.4 Å². The van der Waals surface area contributed by atoms with E-state index in [0.29, 0.717) is 19.7 Å². The maximum atomic E-state index is 12.2. The second-order valence-corrected chi connectivity index (χ2v) is 4.96. The van der Waals surface area contributed by atoms with Gasteiger partial charge in [0.1, 0.15) is 6.04 Å². The Morgan fingerprint density at radius 1 is 1.56 bits per heavy atom. The van der Waals surface area contributed by atoms with Gasteiger partial charge in [0.25, 0.3) is 0 Å².